The highest BCUT2D eigenvalue weighted by atomic mass is 16.6. The second-order valence-electron chi connectivity index (χ2n) is 4.60. The zero-order chi connectivity index (χ0) is 16.0. The molecule has 7 heteroatoms. The first-order valence-corrected chi connectivity index (χ1v) is 6.54. The van der Waals surface area contributed by atoms with E-state index in [0.29, 0.717) is 6.54 Å². The van der Waals surface area contributed by atoms with E-state index in [1.165, 1.54) is 18.1 Å². The van der Waals surface area contributed by atoms with Crippen LogP contribution in [0.3, 0.4) is 0 Å². The van der Waals surface area contributed by atoms with Gasteiger partial charge < -0.3 is 9.64 Å². The predicted octanol–water partition coefficient (Wildman–Crippen LogP) is 2.25. The molecule has 114 valence electrons. The van der Waals surface area contributed by atoms with Gasteiger partial charge in [0.05, 0.1) is 17.6 Å². The fourth-order valence-electron chi connectivity index (χ4n) is 1.79. The van der Waals surface area contributed by atoms with Crippen molar-refractivity contribution < 1.29 is 19.2 Å². The van der Waals surface area contributed by atoms with Crippen LogP contribution in [0.25, 0.3) is 0 Å². The van der Waals surface area contributed by atoms with Gasteiger partial charge in [0.25, 0.3) is 11.6 Å². The van der Waals surface area contributed by atoms with Crippen LogP contribution in [0.5, 0.6) is 0 Å². The standard InChI is InChI=1S/C14H18N2O5/c1-4-5-6-15(2)13(17)10-7-11(14(18)21-3)9-12(8-10)16(19)20/h7-9H,4-6H2,1-3H3. The number of non-ortho nitro benzene ring substituents is 1. The van der Waals surface area contributed by atoms with Crippen LogP contribution in [-0.2, 0) is 4.74 Å². The molecule has 0 unspecified atom stereocenters. The monoisotopic (exact) mass is 294 g/mol. The third-order valence-electron chi connectivity index (χ3n) is 2.99. The lowest BCUT2D eigenvalue weighted by Gasteiger charge is -2.17. The third-order valence-corrected chi connectivity index (χ3v) is 2.99. The molecule has 7 nitrogen and oxygen atoms in total. The normalized spacial score (nSPS) is 10.0. The average Bonchev–Trinajstić information content (AvgIpc) is 2.50. The summed E-state index contributed by atoms with van der Waals surface area (Å²) in [4.78, 5) is 35.5. The minimum absolute atomic E-state index is 0.0149. The molecule has 1 rings (SSSR count). The fraction of sp³-hybridized carbons (Fsp3) is 0.429. The van der Waals surface area contributed by atoms with Crippen LogP contribution < -0.4 is 0 Å². The molecule has 1 amide bonds. The molecule has 0 aromatic heterocycles. The third kappa shape index (κ3) is 4.27. The van der Waals surface area contributed by atoms with Crippen LogP contribution in [-0.4, -0.2) is 42.4 Å². The van der Waals surface area contributed by atoms with Crippen LogP contribution in [0.15, 0.2) is 18.2 Å². The van der Waals surface area contributed by atoms with Crippen molar-refractivity contribution in [1.82, 2.24) is 4.90 Å². The highest BCUT2D eigenvalue weighted by molar-refractivity contribution is 5.98. The van der Waals surface area contributed by atoms with E-state index in [1.807, 2.05) is 6.92 Å². The minimum atomic E-state index is -0.719. The summed E-state index contributed by atoms with van der Waals surface area (Å²) in [6.45, 7) is 2.55. The molecule has 0 fully saturated rings. The van der Waals surface area contributed by atoms with Crippen molar-refractivity contribution >= 4 is 17.6 Å². The molecule has 0 N–H and O–H groups in total. The van der Waals surface area contributed by atoms with Gasteiger partial charge in [-0.2, -0.15) is 0 Å². The molecule has 0 spiro atoms. The van der Waals surface area contributed by atoms with Crippen molar-refractivity contribution in [3.63, 3.8) is 0 Å². The summed E-state index contributed by atoms with van der Waals surface area (Å²) in [6.07, 6.45) is 1.76. The van der Waals surface area contributed by atoms with Gasteiger partial charge in [0.1, 0.15) is 0 Å². The van der Waals surface area contributed by atoms with Crippen LogP contribution >= 0.6 is 0 Å². The van der Waals surface area contributed by atoms with E-state index in [9.17, 15) is 19.7 Å². The van der Waals surface area contributed by atoms with Crippen LogP contribution in [0.4, 0.5) is 5.69 Å². The van der Waals surface area contributed by atoms with Gasteiger partial charge in [-0.1, -0.05) is 13.3 Å². The lowest BCUT2D eigenvalue weighted by molar-refractivity contribution is -0.384. The molecule has 21 heavy (non-hydrogen) atoms. The Hall–Kier alpha value is -2.44. The number of hydrogen-bond acceptors (Lipinski definition) is 5. The maximum atomic E-state index is 12.2. The van der Waals surface area contributed by atoms with E-state index < -0.39 is 10.9 Å². The molecular weight excluding hydrogens is 276 g/mol. The maximum Gasteiger partial charge on any atom is 0.338 e. The number of nitro benzene ring substituents is 1. The predicted molar refractivity (Wildman–Crippen MR) is 76.3 cm³/mol. The lowest BCUT2D eigenvalue weighted by Crippen LogP contribution is -2.28. The largest absolute Gasteiger partial charge is 0.465 e. The number of nitrogens with zero attached hydrogens (tertiary/aromatic N) is 2. The first-order chi connectivity index (χ1) is 9.90. The Balaban J connectivity index is 3.16. The molecule has 0 bridgehead atoms. The minimum Gasteiger partial charge on any atom is -0.465 e. The average molecular weight is 294 g/mol. The Bertz CT molecular complexity index is 556. The van der Waals surface area contributed by atoms with Crippen molar-refractivity contribution in [2.24, 2.45) is 0 Å². The summed E-state index contributed by atoms with van der Waals surface area (Å²) in [7, 11) is 2.80. The first-order valence-electron chi connectivity index (χ1n) is 6.54. The van der Waals surface area contributed by atoms with Crippen molar-refractivity contribution in [1.29, 1.82) is 0 Å². The molecule has 0 atom stereocenters. The summed E-state index contributed by atoms with van der Waals surface area (Å²) in [5.74, 6) is -1.08. The molecule has 0 heterocycles. The van der Waals surface area contributed by atoms with Crippen molar-refractivity contribution in [2.75, 3.05) is 20.7 Å². The number of rotatable bonds is 6. The molecule has 0 aliphatic rings. The van der Waals surface area contributed by atoms with E-state index >= 15 is 0 Å². The molecule has 0 saturated heterocycles. The van der Waals surface area contributed by atoms with Gasteiger partial charge >= 0.3 is 5.97 Å². The number of amides is 1. The van der Waals surface area contributed by atoms with Crippen LogP contribution in [0.2, 0.25) is 0 Å². The number of unbranched alkanes of at least 4 members (excludes halogenated alkanes) is 1. The highest BCUT2D eigenvalue weighted by Crippen LogP contribution is 2.19. The summed E-state index contributed by atoms with van der Waals surface area (Å²) in [6, 6.07) is 3.56. The highest BCUT2D eigenvalue weighted by Gasteiger charge is 2.20. The smallest absolute Gasteiger partial charge is 0.338 e. The van der Waals surface area contributed by atoms with E-state index in [0.717, 1.165) is 25.0 Å². The van der Waals surface area contributed by atoms with Crippen LogP contribution in [0, 0.1) is 10.1 Å². The van der Waals surface area contributed by atoms with E-state index in [-0.39, 0.29) is 22.7 Å². The van der Waals surface area contributed by atoms with Gasteiger partial charge in [0.15, 0.2) is 0 Å². The molecule has 0 aliphatic carbocycles. The number of esters is 1. The Labute approximate surface area is 122 Å². The SMILES string of the molecule is CCCCN(C)C(=O)c1cc(C(=O)OC)cc([N+](=O)[O-])c1. The van der Waals surface area contributed by atoms with Crippen molar-refractivity contribution in [2.45, 2.75) is 19.8 Å². The number of benzene rings is 1. The number of nitro groups is 1. The van der Waals surface area contributed by atoms with E-state index in [2.05, 4.69) is 4.74 Å². The quantitative estimate of drug-likeness (QED) is 0.456. The van der Waals surface area contributed by atoms with Crippen molar-refractivity contribution in [3.05, 3.63) is 39.4 Å². The van der Waals surface area contributed by atoms with Gasteiger partial charge in [-0.3, -0.25) is 14.9 Å². The summed E-state index contributed by atoms with van der Waals surface area (Å²) in [5.41, 5.74) is -0.229. The second-order valence-corrected chi connectivity index (χ2v) is 4.60. The topological polar surface area (TPSA) is 89.8 Å². The first kappa shape index (κ1) is 16.6. The Morgan fingerprint density at radius 2 is 1.90 bits per heavy atom. The summed E-state index contributed by atoms with van der Waals surface area (Å²) in [5, 5.41) is 10.9. The summed E-state index contributed by atoms with van der Waals surface area (Å²) >= 11 is 0. The molecule has 0 aliphatic heterocycles. The van der Waals surface area contributed by atoms with Gasteiger partial charge in [-0.15, -0.1) is 0 Å². The summed E-state index contributed by atoms with van der Waals surface area (Å²) < 4.78 is 4.54. The van der Waals surface area contributed by atoms with E-state index in [4.69, 9.17) is 0 Å². The zero-order valence-corrected chi connectivity index (χ0v) is 12.3. The number of hydrogen-bond donors (Lipinski definition) is 0. The number of carbonyl (C=O) groups excluding carboxylic acids is 2. The number of carbonyl (C=O) groups is 2. The Morgan fingerprint density at radius 1 is 1.29 bits per heavy atom. The Kier molecular flexibility index (Phi) is 5.83. The maximum absolute atomic E-state index is 12.2. The van der Waals surface area contributed by atoms with Gasteiger partial charge in [0, 0.05) is 31.3 Å². The van der Waals surface area contributed by atoms with Gasteiger partial charge in [-0.05, 0) is 12.5 Å². The second kappa shape index (κ2) is 7.37. The van der Waals surface area contributed by atoms with Gasteiger partial charge in [0.2, 0.25) is 0 Å². The lowest BCUT2D eigenvalue weighted by atomic mass is 10.1. The van der Waals surface area contributed by atoms with E-state index in [1.54, 1.807) is 7.05 Å². The molecule has 1 aromatic carbocycles. The fourth-order valence-corrected chi connectivity index (χ4v) is 1.79. The van der Waals surface area contributed by atoms with Crippen LogP contribution in [0.1, 0.15) is 40.5 Å². The number of methoxy groups -OCH3 is 1. The zero-order valence-electron chi connectivity index (χ0n) is 12.3. The molecule has 1 aromatic rings. The Morgan fingerprint density at radius 3 is 2.43 bits per heavy atom. The van der Waals surface area contributed by atoms with Crippen molar-refractivity contribution in [3.8, 4) is 0 Å². The molecular formula is C14H18N2O5. The number of ether oxygens (including phenoxy) is 1. The molecule has 0 saturated carbocycles. The van der Waals surface area contributed by atoms with Gasteiger partial charge in [-0.25, -0.2) is 4.79 Å². The molecule has 0 radical (unpaired) electrons.